The molecule has 1 aromatic heterocycles. The molecule has 0 saturated carbocycles. The number of amides is 1. The van der Waals surface area contributed by atoms with Gasteiger partial charge in [0.05, 0.1) is 17.8 Å². The van der Waals surface area contributed by atoms with Crippen molar-refractivity contribution in [3.63, 3.8) is 0 Å². The zero-order valence-electron chi connectivity index (χ0n) is 12.2. The minimum Gasteiger partial charge on any atom is -0.383 e. The second-order valence-corrected chi connectivity index (χ2v) is 6.47. The van der Waals surface area contributed by atoms with E-state index in [4.69, 9.17) is 4.74 Å². The molecule has 1 saturated heterocycles. The Morgan fingerprint density at radius 3 is 2.90 bits per heavy atom. The van der Waals surface area contributed by atoms with E-state index in [0.29, 0.717) is 10.8 Å². The van der Waals surface area contributed by atoms with E-state index in [1.165, 1.54) is 11.3 Å². The SMILES string of the molecule is COCCN1CCC(CNC(=O)c2cnc(C)s2)CC1. The van der Waals surface area contributed by atoms with Gasteiger partial charge < -0.3 is 15.0 Å². The molecule has 1 N–H and O–H groups in total. The standard InChI is InChI=1S/C14H23N3O2S/c1-11-15-10-13(20-11)14(18)16-9-12-3-5-17(6-4-12)7-8-19-2/h10,12H,3-9H2,1-2H3,(H,16,18). The topological polar surface area (TPSA) is 54.5 Å². The van der Waals surface area contributed by atoms with E-state index in [1.807, 2.05) is 6.92 Å². The van der Waals surface area contributed by atoms with Gasteiger partial charge in [-0.05, 0) is 38.8 Å². The third-order valence-corrected chi connectivity index (χ3v) is 4.63. The largest absolute Gasteiger partial charge is 0.383 e. The van der Waals surface area contributed by atoms with Crippen LogP contribution in [0.15, 0.2) is 6.20 Å². The third kappa shape index (κ3) is 4.54. The molecule has 0 aliphatic carbocycles. The van der Waals surface area contributed by atoms with Crippen LogP contribution in [0, 0.1) is 12.8 Å². The Kier molecular flexibility index (Phi) is 5.94. The Balaban J connectivity index is 1.67. The summed E-state index contributed by atoms with van der Waals surface area (Å²) in [5.41, 5.74) is 0. The van der Waals surface area contributed by atoms with Gasteiger partial charge in [0, 0.05) is 20.2 Å². The Bertz CT molecular complexity index is 428. The van der Waals surface area contributed by atoms with Gasteiger partial charge in [-0.15, -0.1) is 11.3 Å². The summed E-state index contributed by atoms with van der Waals surface area (Å²) in [5.74, 6) is 0.601. The predicted molar refractivity (Wildman–Crippen MR) is 80.2 cm³/mol. The lowest BCUT2D eigenvalue weighted by Crippen LogP contribution is -2.39. The fourth-order valence-corrected chi connectivity index (χ4v) is 3.12. The zero-order chi connectivity index (χ0) is 14.4. The second-order valence-electron chi connectivity index (χ2n) is 5.23. The van der Waals surface area contributed by atoms with Crippen molar-refractivity contribution in [3.05, 3.63) is 16.1 Å². The summed E-state index contributed by atoms with van der Waals surface area (Å²) in [5, 5.41) is 3.96. The quantitative estimate of drug-likeness (QED) is 0.865. The number of aryl methyl sites for hydroxylation is 1. The van der Waals surface area contributed by atoms with Crippen LogP contribution in [0.1, 0.15) is 27.5 Å². The molecule has 2 rings (SSSR count). The Morgan fingerprint density at radius 2 is 2.30 bits per heavy atom. The summed E-state index contributed by atoms with van der Waals surface area (Å²) in [6.45, 7) is 6.69. The van der Waals surface area contributed by atoms with E-state index in [2.05, 4.69) is 15.2 Å². The number of piperidine rings is 1. The molecule has 112 valence electrons. The van der Waals surface area contributed by atoms with Gasteiger partial charge in [-0.1, -0.05) is 0 Å². The number of rotatable bonds is 6. The highest BCUT2D eigenvalue weighted by Crippen LogP contribution is 2.17. The molecule has 0 radical (unpaired) electrons. The number of hydrogen-bond donors (Lipinski definition) is 1. The Labute approximate surface area is 124 Å². The lowest BCUT2D eigenvalue weighted by molar-refractivity contribution is 0.0929. The number of carbonyl (C=O) groups is 1. The molecule has 0 spiro atoms. The van der Waals surface area contributed by atoms with Crippen molar-refractivity contribution < 1.29 is 9.53 Å². The summed E-state index contributed by atoms with van der Waals surface area (Å²) in [6.07, 6.45) is 3.94. The second kappa shape index (κ2) is 7.71. The van der Waals surface area contributed by atoms with Crippen LogP contribution in [0.5, 0.6) is 0 Å². The number of nitrogens with zero attached hydrogens (tertiary/aromatic N) is 2. The summed E-state index contributed by atoms with van der Waals surface area (Å²) >= 11 is 1.45. The summed E-state index contributed by atoms with van der Waals surface area (Å²) in [6, 6.07) is 0. The van der Waals surface area contributed by atoms with Crippen molar-refractivity contribution >= 4 is 17.2 Å². The maximum Gasteiger partial charge on any atom is 0.263 e. The highest BCUT2D eigenvalue weighted by atomic mass is 32.1. The predicted octanol–water partition coefficient (Wildman–Crippen LogP) is 1.54. The lowest BCUT2D eigenvalue weighted by atomic mass is 9.97. The molecule has 0 unspecified atom stereocenters. The molecule has 6 heteroatoms. The summed E-state index contributed by atoms with van der Waals surface area (Å²) in [4.78, 5) is 19.2. The number of nitrogens with one attached hydrogen (secondary N) is 1. The van der Waals surface area contributed by atoms with Gasteiger partial charge in [-0.25, -0.2) is 4.98 Å². The number of likely N-dealkylation sites (tertiary alicyclic amines) is 1. The van der Waals surface area contributed by atoms with E-state index in [0.717, 1.165) is 50.6 Å². The van der Waals surface area contributed by atoms with Gasteiger partial charge in [0.1, 0.15) is 4.88 Å². The molecule has 0 aromatic carbocycles. The molecule has 2 heterocycles. The molecule has 5 nitrogen and oxygen atoms in total. The first-order valence-corrected chi connectivity index (χ1v) is 7.92. The van der Waals surface area contributed by atoms with Gasteiger partial charge in [0.15, 0.2) is 0 Å². The van der Waals surface area contributed by atoms with Crippen LogP contribution in [0.2, 0.25) is 0 Å². The van der Waals surface area contributed by atoms with Crippen molar-refractivity contribution in [3.8, 4) is 0 Å². The fraction of sp³-hybridized carbons (Fsp3) is 0.714. The number of aromatic nitrogens is 1. The minimum absolute atomic E-state index is 0.0115. The van der Waals surface area contributed by atoms with Gasteiger partial charge in [-0.2, -0.15) is 0 Å². The van der Waals surface area contributed by atoms with Crippen molar-refractivity contribution in [1.82, 2.24) is 15.2 Å². The summed E-state index contributed by atoms with van der Waals surface area (Å²) in [7, 11) is 1.74. The highest BCUT2D eigenvalue weighted by molar-refractivity contribution is 7.13. The monoisotopic (exact) mass is 297 g/mol. The first-order valence-electron chi connectivity index (χ1n) is 7.11. The van der Waals surface area contributed by atoms with Gasteiger partial charge in [-0.3, -0.25) is 4.79 Å². The molecule has 1 aliphatic heterocycles. The van der Waals surface area contributed by atoms with Crippen molar-refractivity contribution in [2.45, 2.75) is 19.8 Å². The van der Waals surface area contributed by atoms with Gasteiger partial charge in [0.2, 0.25) is 0 Å². The third-order valence-electron chi connectivity index (χ3n) is 3.72. The van der Waals surface area contributed by atoms with E-state index >= 15 is 0 Å². The molecule has 1 aromatic rings. The molecule has 0 bridgehead atoms. The number of ether oxygens (including phenoxy) is 1. The number of methoxy groups -OCH3 is 1. The average Bonchev–Trinajstić information content (AvgIpc) is 2.90. The summed E-state index contributed by atoms with van der Waals surface area (Å²) < 4.78 is 5.10. The van der Waals surface area contributed by atoms with E-state index < -0.39 is 0 Å². The average molecular weight is 297 g/mol. The van der Waals surface area contributed by atoms with Crippen LogP contribution in [0.4, 0.5) is 0 Å². The van der Waals surface area contributed by atoms with Gasteiger partial charge in [0.25, 0.3) is 5.91 Å². The number of thiazole rings is 1. The number of carbonyl (C=O) groups excluding carboxylic acids is 1. The van der Waals surface area contributed by atoms with Crippen LogP contribution in [0.25, 0.3) is 0 Å². The molecule has 1 fully saturated rings. The first-order chi connectivity index (χ1) is 9.69. The lowest BCUT2D eigenvalue weighted by Gasteiger charge is -2.31. The molecule has 0 atom stereocenters. The zero-order valence-corrected chi connectivity index (χ0v) is 13.0. The molecular formula is C14H23N3O2S. The van der Waals surface area contributed by atoms with Crippen molar-refractivity contribution in [2.24, 2.45) is 5.92 Å². The van der Waals surface area contributed by atoms with Crippen LogP contribution in [-0.2, 0) is 4.74 Å². The highest BCUT2D eigenvalue weighted by Gasteiger charge is 2.19. The molecule has 1 aliphatic rings. The van der Waals surface area contributed by atoms with Gasteiger partial charge >= 0.3 is 0 Å². The molecular weight excluding hydrogens is 274 g/mol. The smallest absolute Gasteiger partial charge is 0.263 e. The van der Waals surface area contributed by atoms with Crippen LogP contribution in [-0.4, -0.2) is 55.7 Å². The maximum absolute atomic E-state index is 11.9. The normalized spacial score (nSPS) is 17.3. The van der Waals surface area contributed by atoms with Crippen molar-refractivity contribution in [1.29, 1.82) is 0 Å². The minimum atomic E-state index is 0.0115. The number of hydrogen-bond acceptors (Lipinski definition) is 5. The molecule has 20 heavy (non-hydrogen) atoms. The Morgan fingerprint density at radius 1 is 1.55 bits per heavy atom. The molecule has 1 amide bonds. The van der Waals surface area contributed by atoms with Crippen molar-refractivity contribution in [2.75, 3.05) is 39.9 Å². The van der Waals surface area contributed by atoms with Crippen LogP contribution >= 0.6 is 11.3 Å². The first kappa shape index (κ1) is 15.4. The van der Waals surface area contributed by atoms with E-state index in [9.17, 15) is 4.79 Å². The van der Waals surface area contributed by atoms with Crippen LogP contribution in [0.3, 0.4) is 0 Å². The van der Waals surface area contributed by atoms with E-state index in [1.54, 1.807) is 13.3 Å². The van der Waals surface area contributed by atoms with Crippen LogP contribution < -0.4 is 5.32 Å². The van der Waals surface area contributed by atoms with E-state index in [-0.39, 0.29) is 5.91 Å². The fourth-order valence-electron chi connectivity index (χ4n) is 2.43. The Hall–Kier alpha value is -0.980. The maximum atomic E-state index is 11.9.